The first-order valence-electron chi connectivity index (χ1n) is 3.92. The van der Waals surface area contributed by atoms with Crippen LogP contribution in [0.4, 0.5) is 0 Å². The van der Waals surface area contributed by atoms with Crippen molar-refractivity contribution in [3.63, 3.8) is 0 Å². The predicted octanol–water partition coefficient (Wildman–Crippen LogP) is 2.15. The SMILES string of the molecule is COc1ncc2cc(C=O)[nH]c2c1Br. The predicted molar refractivity (Wildman–Crippen MR) is 55.7 cm³/mol. The smallest absolute Gasteiger partial charge is 0.229 e. The molecule has 0 aromatic carbocycles. The first kappa shape index (κ1) is 9.21. The number of rotatable bonds is 2. The summed E-state index contributed by atoms with van der Waals surface area (Å²) in [5.74, 6) is 0.497. The molecule has 0 aliphatic heterocycles. The van der Waals surface area contributed by atoms with Crippen molar-refractivity contribution in [3.8, 4) is 5.88 Å². The summed E-state index contributed by atoms with van der Waals surface area (Å²) in [5, 5.41) is 0.875. The number of fused-ring (bicyclic) bond motifs is 1. The van der Waals surface area contributed by atoms with Crippen molar-refractivity contribution in [2.45, 2.75) is 0 Å². The molecule has 0 aliphatic carbocycles. The number of carbonyl (C=O) groups is 1. The average Bonchev–Trinajstić information content (AvgIpc) is 2.62. The monoisotopic (exact) mass is 254 g/mol. The van der Waals surface area contributed by atoms with Crippen LogP contribution in [0.25, 0.3) is 10.9 Å². The van der Waals surface area contributed by atoms with E-state index in [0.717, 1.165) is 21.7 Å². The Labute approximate surface area is 88.4 Å². The summed E-state index contributed by atoms with van der Waals surface area (Å²) >= 11 is 3.35. The Morgan fingerprint density at radius 3 is 3.07 bits per heavy atom. The van der Waals surface area contributed by atoms with E-state index in [0.29, 0.717) is 11.6 Å². The number of nitrogens with one attached hydrogen (secondary N) is 1. The number of aromatic nitrogens is 2. The number of hydrogen-bond acceptors (Lipinski definition) is 3. The fraction of sp³-hybridized carbons (Fsp3) is 0.111. The second-order valence-electron chi connectivity index (χ2n) is 2.75. The standard InChI is InChI=1S/C9H7BrN2O2/c1-14-9-7(10)8-5(3-11-9)2-6(4-13)12-8/h2-4,12H,1H3. The summed E-state index contributed by atoms with van der Waals surface area (Å²) in [4.78, 5) is 17.6. The maximum Gasteiger partial charge on any atom is 0.229 e. The number of nitrogens with zero attached hydrogens (tertiary/aromatic N) is 1. The van der Waals surface area contributed by atoms with E-state index in [1.807, 2.05) is 0 Å². The van der Waals surface area contributed by atoms with Crippen LogP contribution in [0.15, 0.2) is 16.7 Å². The van der Waals surface area contributed by atoms with E-state index in [1.54, 1.807) is 19.4 Å². The Bertz CT molecular complexity index is 493. The van der Waals surface area contributed by atoms with E-state index in [-0.39, 0.29) is 0 Å². The molecule has 0 radical (unpaired) electrons. The number of hydrogen-bond donors (Lipinski definition) is 1. The van der Waals surface area contributed by atoms with Gasteiger partial charge in [-0.1, -0.05) is 0 Å². The lowest BCUT2D eigenvalue weighted by molar-refractivity contribution is 0.112. The molecule has 0 bridgehead atoms. The number of pyridine rings is 1. The van der Waals surface area contributed by atoms with Gasteiger partial charge in [0.25, 0.3) is 0 Å². The van der Waals surface area contributed by atoms with Crippen LogP contribution in [0.3, 0.4) is 0 Å². The van der Waals surface area contributed by atoms with Gasteiger partial charge in [0.15, 0.2) is 6.29 Å². The highest BCUT2D eigenvalue weighted by molar-refractivity contribution is 9.10. The van der Waals surface area contributed by atoms with Crippen molar-refractivity contribution in [2.24, 2.45) is 0 Å². The molecule has 1 N–H and O–H groups in total. The molecule has 72 valence electrons. The first-order chi connectivity index (χ1) is 6.76. The summed E-state index contributed by atoms with van der Waals surface area (Å²) in [7, 11) is 1.54. The third-order valence-electron chi connectivity index (χ3n) is 1.92. The molecule has 0 unspecified atom stereocenters. The number of aldehydes is 1. The van der Waals surface area contributed by atoms with Gasteiger partial charge in [-0.3, -0.25) is 4.79 Å². The second-order valence-corrected chi connectivity index (χ2v) is 3.55. The number of ether oxygens (including phenoxy) is 1. The number of aromatic amines is 1. The zero-order valence-corrected chi connectivity index (χ0v) is 8.96. The summed E-state index contributed by atoms with van der Waals surface area (Å²) in [6.45, 7) is 0. The second kappa shape index (κ2) is 3.42. The Hall–Kier alpha value is -1.36. The van der Waals surface area contributed by atoms with Gasteiger partial charge >= 0.3 is 0 Å². The molecule has 0 fully saturated rings. The van der Waals surface area contributed by atoms with Crippen molar-refractivity contribution < 1.29 is 9.53 Å². The molecule has 5 heteroatoms. The fourth-order valence-electron chi connectivity index (χ4n) is 1.27. The molecule has 0 aliphatic rings. The van der Waals surface area contributed by atoms with Crippen LogP contribution in [0, 0.1) is 0 Å². The van der Waals surface area contributed by atoms with Crippen molar-refractivity contribution in [1.29, 1.82) is 0 Å². The first-order valence-corrected chi connectivity index (χ1v) is 4.72. The molecule has 4 nitrogen and oxygen atoms in total. The number of methoxy groups -OCH3 is 1. The minimum atomic E-state index is 0.497. The van der Waals surface area contributed by atoms with E-state index in [2.05, 4.69) is 25.9 Å². The summed E-state index contributed by atoms with van der Waals surface area (Å²) in [6, 6.07) is 1.74. The fourth-order valence-corrected chi connectivity index (χ4v) is 1.87. The molecule has 0 saturated carbocycles. The number of H-pyrrole nitrogens is 1. The van der Waals surface area contributed by atoms with Crippen LogP contribution in [0.2, 0.25) is 0 Å². The number of halogens is 1. The normalized spacial score (nSPS) is 10.4. The van der Waals surface area contributed by atoms with Crippen LogP contribution in [0.1, 0.15) is 10.5 Å². The van der Waals surface area contributed by atoms with Crippen LogP contribution in [-0.2, 0) is 0 Å². The maximum atomic E-state index is 10.5. The minimum Gasteiger partial charge on any atom is -0.480 e. The van der Waals surface area contributed by atoms with Gasteiger partial charge in [0.1, 0.15) is 4.47 Å². The van der Waals surface area contributed by atoms with Crippen molar-refractivity contribution >= 4 is 33.1 Å². The van der Waals surface area contributed by atoms with E-state index in [9.17, 15) is 4.79 Å². The largest absolute Gasteiger partial charge is 0.480 e. The molecule has 2 aromatic rings. The molecule has 2 rings (SSSR count). The zero-order chi connectivity index (χ0) is 10.1. The van der Waals surface area contributed by atoms with Gasteiger partial charge in [0.05, 0.1) is 18.3 Å². The maximum absolute atomic E-state index is 10.5. The summed E-state index contributed by atoms with van der Waals surface area (Å²) in [5.41, 5.74) is 1.34. The van der Waals surface area contributed by atoms with Gasteiger partial charge < -0.3 is 9.72 Å². The topological polar surface area (TPSA) is 55.0 Å². The molecular formula is C9H7BrN2O2. The van der Waals surface area contributed by atoms with E-state index >= 15 is 0 Å². The van der Waals surface area contributed by atoms with Crippen molar-refractivity contribution in [1.82, 2.24) is 9.97 Å². The lowest BCUT2D eigenvalue weighted by atomic mass is 10.3. The Morgan fingerprint density at radius 2 is 2.43 bits per heavy atom. The van der Waals surface area contributed by atoms with E-state index in [1.165, 1.54) is 0 Å². The molecule has 14 heavy (non-hydrogen) atoms. The van der Waals surface area contributed by atoms with Crippen LogP contribution < -0.4 is 4.74 Å². The summed E-state index contributed by atoms with van der Waals surface area (Å²) in [6.07, 6.45) is 2.42. The van der Waals surface area contributed by atoms with Crippen molar-refractivity contribution in [3.05, 3.63) is 22.4 Å². The Morgan fingerprint density at radius 1 is 1.64 bits per heavy atom. The highest BCUT2D eigenvalue weighted by atomic mass is 79.9. The Balaban J connectivity index is 2.74. The van der Waals surface area contributed by atoms with Gasteiger partial charge in [0.2, 0.25) is 5.88 Å². The third-order valence-corrected chi connectivity index (χ3v) is 2.65. The Kier molecular flexibility index (Phi) is 2.25. The minimum absolute atomic E-state index is 0.497. The average molecular weight is 255 g/mol. The van der Waals surface area contributed by atoms with Crippen molar-refractivity contribution in [2.75, 3.05) is 7.11 Å². The van der Waals surface area contributed by atoms with Gasteiger partial charge in [0, 0.05) is 11.6 Å². The summed E-state index contributed by atoms with van der Waals surface area (Å²) < 4.78 is 5.76. The molecule has 0 spiro atoms. The third kappa shape index (κ3) is 1.29. The zero-order valence-electron chi connectivity index (χ0n) is 7.37. The lowest BCUT2D eigenvalue weighted by Crippen LogP contribution is -1.88. The quantitative estimate of drug-likeness (QED) is 0.836. The van der Waals surface area contributed by atoms with Gasteiger partial charge in [-0.25, -0.2) is 4.98 Å². The van der Waals surface area contributed by atoms with Crippen LogP contribution in [0.5, 0.6) is 5.88 Å². The van der Waals surface area contributed by atoms with E-state index in [4.69, 9.17) is 4.74 Å². The van der Waals surface area contributed by atoms with E-state index < -0.39 is 0 Å². The van der Waals surface area contributed by atoms with Crippen LogP contribution in [-0.4, -0.2) is 23.4 Å². The molecular weight excluding hydrogens is 248 g/mol. The number of carbonyl (C=O) groups excluding carboxylic acids is 1. The highest BCUT2D eigenvalue weighted by Crippen LogP contribution is 2.30. The van der Waals surface area contributed by atoms with Crippen LogP contribution >= 0.6 is 15.9 Å². The van der Waals surface area contributed by atoms with Gasteiger partial charge in [-0.05, 0) is 22.0 Å². The molecule has 0 amide bonds. The lowest BCUT2D eigenvalue weighted by Gasteiger charge is -2.01. The molecule has 0 atom stereocenters. The van der Waals surface area contributed by atoms with Gasteiger partial charge in [-0.15, -0.1) is 0 Å². The molecule has 2 aromatic heterocycles. The van der Waals surface area contributed by atoms with Gasteiger partial charge in [-0.2, -0.15) is 0 Å². The molecule has 0 saturated heterocycles. The molecule has 2 heterocycles. The highest BCUT2D eigenvalue weighted by Gasteiger charge is 2.09.